The van der Waals surface area contributed by atoms with E-state index in [-0.39, 0.29) is 0 Å². The van der Waals surface area contributed by atoms with Crippen LogP contribution in [0.2, 0.25) is 0 Å². The van der Waals surface area contributed by atoms with Gasteiger partial charge >= 0.3 is 0 Å². The summed E-state index contributed by atoms with van der Waals surface area (Å²) in [4.78, 5) is 0. The highest BCUT2D eigenvalue weighted by Gasteiger charge is 2.07. The Morgan fingerprint density at radius 2 is 2.25 bits per heavy atom. The average Bonchev–Trinajstić information content (AvgIpc) is 2.27. The van der Waals surface area contributed by atoms with Crippen LogP contribution in [0.25, 0.3) is 0 Å². The minimum absolute atomic E-state index is 0.300. The molecule has 0 aliphatic rings. The number of nitrogens with zero attached hydrogens (tertiary/aromatic N) is 1. The zero-order chi connectivity index (χ0) is 12.0. The Hall–Kier alpha value is -1.53. The fourth-order valence-electron chi connectivity index (χ4n) is 1.57. The van der Waals surface area contributed by atoms with Gasteiger partial charge in [0.1, 0.15) is 6.07 Å². The van der Waals surface area contributed by atoms with Gasteiger partial charge in [0.25, 0.3) is 0 Å². The Balaban J connectivity index is 2.74. The lowest BCUT2D eigenvalue weighted by Crippen LogP contribution is -2.18. The predicted octanol–water partition coefficient (Wildman–Crippen LogP) is 2.70. The number of ether oxygens (including phenoxy) is 1. The first-order chi connectivity index (χ1) is 7.69. The number of nitrogens with one attached hydrogen (secondary N) is 1. The molecule has 1 aromatic rings. The highest BCUT2D eigenvalue weighted by molar-refractivity contribution is 5.60. The lowest BCUT2D eigenvalue weighted by molar-refractivity contribution is 0.191. The van der Waals surface area contributed by atoms with Crippen LogP contribution in [-0.2, 0) is 4.74 Å². The van der Waals surface area contributed by atoms with Gasteiger partial charge in [-0.15, -0.1) is 0 Å². The van der Waals surface area contributed by atoms with Gasteiger partial charge in [-0.1, -0.05) is 12.1 Å². The second kappa shape index (κ2) is 6.14. The maximum atomic E-state index is 9.07. The molecule has 0 saturated carbocycles. The second-order valence-corrected chi connectivity index (χ2v) is 3.94. The highest BCUT2D eigenvalue weighted by Crippen LogP contribution is 2.19. The van der Waals surface area contributed by atoms with Gasteiger partial charge in [0.05, 0.1) is 11.3 Å². The normalized spacial score (nSPS) is 11.9. The lowest BCUT2D eigenvalue weighted by Gasteiger charge is -2.16. The summed E-state index contributed by atoms with van der Waals surface area (Å²) in [5, 5.41) is 12.4. The molecule has 0 aromatic heterocycles. The second-order valence-electron chi connectivity index (χ2n) is 3.94. The van der Waals surface area contributed by atoms with Gasteiger partial charge in [-0.3, -0.25) is 0 Å². The van der Waals surface area contributed by atoms with Gasteiger partial charge in [0.15, 0.2) is 0 Å². The van der Waals surface area contributed by atoms with Crippen molar-refractivity contribution >= 4 is 5.69 Å². The van der Waals surface area contributed by atoms with Crippen molar-refractivity contribution in [3.05, 3.63) is 29.3 Å². The first-order valence-electron chi connectivity index (χ1n) is 5.44. The lowest BCUT2D eigenvalue weighted by atomic mass is 10.1. The molecule has 16 heavy (non-hydrogen) atoms. The minimum atomic E-state index is 0.300. The minimum Gasteiger partial charge on any atom is -0.385 e. The van der Waals surface area contributed by atoms with Crippen LogP contribution in [0.5, 0.6) is 0 Å². The van der Waals surface area contributed by atoms with Crippen LogP contribution in [0.15, 0.2) is 18.2 Å². The third-order valence-electron chi connectivity index (χ3n) is 2.54. The molecule has 1 rings (SSSR count). The zero-order valence-electron chi connectivity index (χ0n) is 10.1. The molecule has 1 aromatic carbocycles. The van der Waals surface area contributed by atoms with Crippen molar-refractivity contribution in [1.29, 1.82) is 5.26 Å². The molecule has 0 fully saturated rings. The van der Waals surface area contributed by atoms with E-state index >= 15 is 0 Å². The van der Waals surface area contributed by atoms with Gasteiger partial charge in [-0.2, -0.15) is 5.26 Å². The van der Waals surface area contributed by atoms with Gasteiger partial charge in [0, 0.05) is 19.8 Å². The standard InChI is InChI=1S/C13H18N2O/c1-10-5-4-6-13(12(10)9-14)15-11(2)7-8-16-3/h4-6,11,15H,7-8H2,1-3H3. The maximum Gasteiger partial charge on any atom is 0.102 e. The number of aryl methyl sites for hydroxylation is 1. The molecule has 86 valence electrons. The molecule has 0 radical (unpaired) electrons. The Kier molecular flexibility index (Phi) is 4.81. The third-order valence-corrected chi connectivity index (χ3v) is 2.54. The van der Waals surface area contributed by atoms with E-state index < -0.39 is 0 Å². The number of hydrogen-bond donors (Lipinski definition) is 1. The van der Waals surface area contributed by atoms with Crippen molar-refractivity contribution in [1.82, 2.24) is 0 Å². The fourth-order valence-corrected chi connectivity index (χ4v) is 1.57. The maximum absolute atomic E-state index is 9.07. The predicted molar refractivity (Wildman–Crippen MR) is 65.5 cm³/mol. The topological polar surface area (TPSA) is 45.0 Å². The van der Waals surface area contributed by atoms with Crippen LogP contribution in [-0.4, -0.2) is 19.8 Å². The van der Waals surface area contributed by atoms with Gasteiger partial charge in [-0.05, 0) is 31.9 Å². The van der Waals surface area contributed by atoms with Crippen LogP contribution in [0, 0.1) is 18.3 Å². The molecule has 0 saturated heterocycles. The molecule has 0 bridgehead atoms. The molecule has 1 atom stereocenters. The number of hydrogen-bond acceptors (Lipinski definition) is 3. The summed E-state index contributed by atoms with van der Waals surface area (Å²) < 4.78 is 5.03. The summed E-state index contributed by atoms with van der Waals surface area (Å²) in [5.41, 5.74) is 2.64. The Labute approximate surface area is 97.0 Å². The number of anilines is 1. The first-order valence-corrected chi connectivity index (χ1v) is 5.44. The molecule has 1 unspecified atom stereocenters. The van der Waals surface area contributed by atoms with Crippen LogP contribution < -0.4 is 5.32 Å². The Morgan fingerprint density at radius 3 is 2.88 bits per heavy atom. The van der Waals surface area contributed by atoms with Crippen molar-refractivity contribution in [3.8, 4) is 6.07 Å². The largest absolute Gasteiger partial charge is 0.385 e. The number of benzene rings is 1. The summed E-state index contributed by atoms with van der Waals surface area (Å²) in [5.74, 6) is 0. The van der Waals surface area contributed by atoms with E-state index in [1.807, 2.05) is 25.1 Å². The van der Waals surface area contributed by atoms with Crippen LogP contribution in [0.4, 0.5) is 5.69 Å². The molecule has 3 heteroatoms. The van der Waals surface area contributed by atoms with Crippen molar-refractivity contribution in [3.63, 3.8) is 0 Å². The number of nitriles is 1. The first kappa shape index (κ1) is 12.5. The molecule has 0 aliphatic carbocycles. The summed E-state index contributed by atoms with van der Waals surface area (Å²) in [6.07, 6.45) is 0.926. The van der Waals surface area contributed by atoms with E-state index in [1.54, 1.807) is 7.11 Å². The summed E-state index contributed by atoms with van der Waals surface area (Å²) >= 11 is 0. The van der Waals surface area contributed by atoms with Gasteiger partial charge in [0.2, 0.25) is 0 Å². The highest BCUT2D eigenvalue weighted by atomic mass is 16.5. The zero-order valence-corrected chi connectivity index (χ0v) is 10.1. The van der Waals surface area contributed by atoms with E-state index in [4.69, 9.17) is 10.00 Å². The smallest absolute Gasteiger partial charge is 0.102 e. The number of rotatable bonds is 5. The van der Waals surface area contributed by atoms with E-state index in [2.05, 4.69) is 18.3 Å². The van der Waals surface area contributed by atoms with E-state index in [9.17, 15) is 0 Å². The van der Waals surface area contributed by atoms with Gasteiger partial charge in [-0.25, -0.2) is 0 Å². The SMILES string of the molecule is COCCC(C)Nc1cccc(C)c1C#N. The Bertz CT molecular complexity index is 382. The molecule has 1 N–H and O–H groups in total. The molecule has 3 nitrogen and oxygen atoms in total. The summed E-state index contributed by atoms with van der Waals surface area (Å²) in [7, 11) is 1.69. The molecular formula is C13H18N2O. The third kappa shape index (κ3) is 3.25. The van der Waals surface area contributed by atoms with Crippen molar-refractivity contribution in [2.24, 2.45) is 0 Å². The molecule has 0 heterocycles. The molecule has 0 aliphatic heterocycles. The quantitative estimate of drug-likeness (QED) is 0.826. The number of methoxy groups -OCH3 is 1. The van der Waals surface area contributed by atoms with Crippen molar-refractivity contribution in [2.45, 2.75) is 26.3 Å². The fraction of sp³-hybridized carbons (Fsp3) is 0.462. The monoisotopic (exact) mass is 218 g/mol. The van der Waals surface area contributed by atoms with Crippen LogP contribution in [0.3, 0.4) is 0 Å². The Morgan fingerprint density at radius 1 is 1.50 bits per heavy atom. The van der Waals surface area contributed by atoms with E-state index in [1.165, 1.54) is 0 Å². The van der Waals surface area contributed by atoms with Crippen molar-refractivity contribution < 1.29 is 4.74 Å². The van der Waals surface area contributed by atoms with Crippen molar-refractivity contribution in [2.75, 3.05) is 19.0 Å². The summed E-state index contributed by atoms with van der Waals surface area (Å²) in [6.45, 7) is 4.76. The molecular weight excluding hydrogens is 200 g/mol. The average molecular weight is 218 g/mol. The molecule has 0 amide bonds. The van der Waals surface area contributed by atoms with Gasteiger partial charge < -0.3 is 10.1 Å². The van der Waals surface area contributed by atoms with E-state index in [0.717, 1.165) is 29.8 Å². The molecule has 0 spiro atoms. The summed E-state index contributed by atoms with van der Waals surface area (Å²) in [6, 6.07) is 8.38. The van der Waals surface area contributed by atoms with E-state index in [0.29, 0.717) is 6.04 Å². The van der Waals surface area contributed by atoms with Crippen LogP contribution >= 0.6 is 0 Å². The van der Waals surface area contributed by atoms with Crippen LogP contribution in [0.1, 0.15) is 24.5 Å².